The van der Waals surface area contributed by atoms with Gasteiger partial charge >= 0.3 is 12.1 Å². The van der Waals surface area contributed by atoms with Gasteiger partial charge in [0.25, 0.3) is 0 Å². The van der Waals surface area contributed by atoms with Gasteiger partial charge in [-0.1, -0.05) is 13.0 Å². The second kappa shape index (κ2) is 11.8. The molecule has 206 valence electrons. The Morgan fingerprint density at radius 3 is 2.22 bits per heavy atom. The SMILES string of the molecule is CCC(C)(F)F.CN1CCN(c2cccc(F)c2)c2cc(C(F)(F)F)c(OCC(C)(F)C(=O)O)cc2S1. The minimum Gasteiger partial charge on any atom is -0.489 e. The summed E-state index contributed by atoms with van der Waals surface area (Å²) >= 11 is 1.15. The van der Waals surface area contributed by atoms with Gasteiger partial charge in [0.2, 0.25) is 11.6 Å². The standard InChI is InChI=1S/C20H19F5N2O3S.C4H8F2/c1-19(22,18(28)29)11-30-16-10-17-15(9-14(16)20(23,24)25)27(7-6-26(2)31-17)13-5-3-4-12(21)8-13;1-3-4(2,5)6/h3-5,8-10H,6-7,11H2,1-2H3,(H,28,29);3H2,1-2H3. The van der Waals surface area contributed by atoms with E-state index >= 15 is 0 Å². The minimum atomic E-state index is -4.85. The number of fused-ring (bicyclic) bond motifs is 1. The highest BCUT2D eigenvalue weighted by molar-refractivity contribution is 7.97. The molecule has 0 bridgehead atoms. The van der Waals surface area contributed by atoms with E-state index in [1.165, 1.54) is 25.1 Å². The molecular formula is C24H27F7N2O3S. The van der Waals surface area contributed by atoms with Crippen molar-refractivity contribution in [3.8, 4) is 5.75 Å². The van der Waals surface area contributed by atoms with Crippen molar-refractivity contribution in [2.75, 3.05) is 31.6 Å². The van der Waals surface area contributed by atoms with Crippen molar-refractivity contribution >= 4 is 29.3 Å². The maximum atomic E-state index is 14.1. The number of hydrogen-bond acceptors (Lipinski definition) is 5. The van der Waals surface area contributed by atoms with Crippen molar-refractivity contribution < 1.29 is 45.4 Å². The fourth-order valence-electron chi connectivity index (χ4n) is 2.94. The van der Waals surface area contributed by atoms with Crippen LogP contribution in [0.25, 0.3) is 0 Å². The van der Waals surface area contributed by atoms with Gasteiger partial charge in [-0.05, 0) is 63.2 Å². The Kier molecular flexibility index (Phi) is 9.75. The second-order valence-corrected chi connectivity index (χ2v) is 9.85. The quantitative estimate of drug-likeness (QED) is 0.301. The highest BCUT2D eigenvalue weighted by Crippen LogP contribution is 2.46. The Hall–Kier alpha value is -2.67. The lowest BCUT2D eigenvalue weighted by Gasteiger charge is -2.26. The molecule has 0 saturated carbocycles. The van der Waals surface area contributed by atoms with E-state index in [9.17, 15) is 35.5 Å². The van der Waals surface area contributed by atoms with E-state index in [2.05, 4.69) is 0 Å². The van der Waals surface area contributed by atoms with E-state index in [-0.39, 0.29) is 12.1 Å². The van der Waals surface area contributed by atoms with E-state index in [1.54, 1.807) is 22.3 Å². The number of benzene rings is 2. The molecule has 2 aromatic carbocycles. The summed E-state index contributed by atoms with van der Waals surface area (Å²) in [6.45, 7) is 2.72. The first kappa shape index (κ1) is 30.6. The number of likely N-dealkylation sites (N-methyl/N-ethyl adjacent to an activating group) is 1. The van der Waals surface area contributed by atoms with E-state index < -0.39 is 47.5 Å². The van der Waals surface area contributed by atoms with Crippen LogP contribution in [0.5, 0.6) is 5.75 Å². The van der Waals surface area contributed by atoms with Crippen LogP contribution in [0.1, 0.15) is 32.8 Å². The fourth-order valence-corrected chi connectivity index (χ4v) is 3.87. The van der Waals surface area contributed by atoms with Crippen molar-refractivity contribution in [1.82, 2.24) is 4.31 Å². The molecule has 1 aliphatic rings. The summed E-state index contributed by atoms with van der Waals surface area (Å²) in [6.07, 6.45) is -4.91. The smallest absolute Gasteiger partial charge is 0.420 e. The summed E-state index contributed by atoms with van der Waals surface area (Å²) < 4.78 is 98.9. The van der Waals surface area contributed by atoms with Gasteiger partial charge in [0.1, 0.15) is 18.2 Å². The molecule has 5 nitrogen and oxygen atoms in total. The molecule has 1 aliphatic heterocycles. The lowest BCUT2D eigenvalue weighted by atomic mass is 10.1. The van der Waals surface area contributed by atoms with Crippen molar-refractivity contribution in [2.45, 2.75) is 49.9 Å². The number of alkyl halides is 6. The molecule has 3 rings (SSSR count). The molecule has 0 aliphatic carbocycles. The maximum Gasteiger partial charge on any atom is 0.420 e. The number of halogens is 7. The van der Waals surface area contributed by atoms with Gasteiger partial charge in [-0.3, -0.25) is 0 Å². The van der Waals surface area contributed by atoms with Crippen molar-refractivity contribution in [2.24, 2.45) is 0 Å². The van der Waals surface area contributed by atoms with Crippen LogP contribution >= 0.6 is 11.9 Å². The van der Waals surface area contributed by atoms with Gasteiger partial charge in [0, 0.05) is 25.2 Å². The van der Waals surface area contributed by atoms with E-state index in [4.69, 9.17) is 9.84 Å². The summed E-state index contributed by atoms with van der Waals surface area (Å²) in [6, 6.07) is 7.47. The lowest BCUT2D eigenvalue weighted by molar-refractivity contribution is -0.151. The van der Waals surface area contributed by atoms with Gasteiger partial charge < -0.3 is 14.7 Å². The topological polar surface area (TPSA) is 53.0 Å². The minimum absolute atomic E-state index is 0.0625. The number of hydrogen-bond donors (Lipinski definition) is 1. The number of anilines is 2. The van der Waals surface area contributed by atoms with Gasteiger partial charge in [-0.15, -0.1) is 0 Å². The van der Waals surface area contributed by atoms with Gasteiger partial charge in [-0.2, -0.15) is 13.2 Å². The van der Waals surface area contributed by atoms with Crippen LogP contribution in [-0.4, -0.2) is 53.7 Å². The average Bonchev–Trinajstić information content (AvgIpc) is 2.94. The first-order valence-corrected chi connectivity index (χ1v) is 11.8. The molecular weight excluding hydrogens is 529 g/mol. The number of carboxylic acids is 1. The van der Waals surface area contributed by atoms with E-state index in [1.807, 2.05) is 0 Å². The maximum absolute atomic E-state index is 14.1. The highest BCUT2D eigenvalue weighted by Gasteiger charge is 2.39. The molecule has 13 heteroatoms. The molecule has 0 fully saturated rings. The number of nitrogens with zero attached hydrogens (tertiary/aromatic N) is 2. The predicted octanol–water partition coefficient (Wildman–Crippen LogP) is 7.18. The molecule has 2 aromatic rings. The zero-order valence-electron chi connectivity index (χ0n) is 20.5. The zero-order valence-corrected chi connectivity index (χ0v) is 21.3. The zero-order chi connectivity index (χ0) is 28.2. The van der Waals surface area contributed by atoms with Gasteiger partial charge in [-0.25, -0.2) is 26.7 Å². The molecule has 0 spiro atoms. The van der Waals surface area contributed by atoms with Crippen molar-refractivity contribution in [3.63, 3.8) is 0 Å². The third-order valence-electron chi connectivity index (χ3n) is 5.24. The van der Waals surface area contributed by atoms with Gasteiger partial charge in [0.05, 0.1) is 16.1 Å². The summed E-state index contributed by atoms with van der Waals surface area (Å²) in [5.74, 6) is -5.52. The highest BCUT2D eigenvalue weighted by atomic mass is 32.2. The predicted molar refractivity (Wildman–Crippen MR) is 127 cm³/mol. The molecule has 1 N–H and O–H groups in total. The molecule has 0 aromatic heterocycles. The number of carboxylic acid groups (broad SMARTS) is 1. The normalized spacial score (nSPS) is 16.1. The van der Waals surface area contributed by atoms with Crippen LogP contribution in [0.3, 0.4) is 0 Å². The molecule has 1 atom stereocenters. The van der Waals surface area contributed by atoms with Crippen molar-refractivity contribution in [3.05, 3.63) is 47.8 Å². The number of carbonyl (C=O) groups is 1. The van der Waals surface area contributed by atoms with Crippen LogP contribution < -0.4 is 9.64 Å². The Labute approximate surface area is 214 Å². The number of aliphatic carboxylic acids is 1. The Bertz CT molecular complexity index is 1090. The van der Waals surface area contributed by atoms with E-state index in [0.29, 0.717) is 30.6 Å². The van der Waals surface area contributed by atoms with E-state index in [0.717, 1.165) is 31.0 Å². The Balaban J connectivity index is 0.000000717. The molecule has 0 saturated heterocycles. The number of rotatable bonds is 6. The molecule has 0 radical (unpaired) electrons. The van der Waals surface area contributed by atoms with Crippen LogP contribution in [-0.2, 0) is 11.0 Å². The molecule has 1 unspecified atom stereocenters. The van der Waals surface area contributed by atoms with Crippen molar-refractivity contribution in [1.29, 1.82) is 0 Å². The summed E-state index contributed by atoms with van der Waals surface area (Å²) in [5, 5.41) is 8.87. The average molecular weight is 557 g/mol. The Morgan fingerprint density at radius 1 is 1.08 bits per heavy atom. The molecule has 37 heavy (non-hydrogen) atoms. The molecule has 0 amide bonds. The number of ether oxygens (including phenoxy) is 1. The first-order chi connectivity index (χ1) is 16.9. The summed E-state index contributed by atoms with van der Waals surface area (Å²) in [5.41, 5.74) is -3.49. The van der Waals surface area contributed by atoms with Crippen LogP contribution in [0.15, 0.2) is 41.3 Å². The monoisotopic (exact) mass is 556 g/mol. The fraction of sp³-hybridized carbons (Fsp3) is 0.458. The summed E-state index contributed by atoms with van der Waals surface area (Å²) in [7, 11) is 1.74. The third-order valence-corrected chi connectivity index (χ3v) is 6.25. The molecule has 1 heterocycles. The largest absolute Gasteiger partial charge is 0.489 e. The van der Waals surface area contributed by atoms with Gasteiger partial charge in [0.15, 0.2) is 0 Å². The first-order valence-electron chi connectivity index (χ1n) is 11.0. The second-order valence-electron chi connectivity index (χ2n) is 8.60. The lowest BCUT2D eigenvalue weighted by Crippen LogP contribution is -2.36. The van der Waals surface area contributed by atoms with Crippen LogP contribution in [0.4, 0.5) is 42.1 Å². The summed E-state index contributed by atoms with van der Waals surface area (Å²) in [4.78, 5) is 12.9. The third kappa shape index (κ3) is 8.70. The Morgan fingerprint density at radius 2 is 1.70 bits per heavy atom. The van der Waals surface area contributed by atoms with Crippen LogP contribution in [0.2, 0.25) is 0 Å². The van der Waals surface area contributed by atoms with Crippen LogP contribution in [0, 0.1) is 5.82 Å².